The van der Waals surface area contributed by atoms with Gasteiger partial charge in [-0.3, -0.25) is 9.59 Å². The number of aryl methyl sites for hydroxylation is 1. The number of hydrogen-bond acceptors (Lipinski definition) is 5. The second-order valence-electron chi connectivity index (χ2n) is 5.98. The molecule has 2 rings (SSSR count). The summed E-state index contributed by atoms with van der Waals surface area (Å²) >= 11 is 0. The molecular formula is C18H23NO5. The van der Waals surface area contributed by atoms with E-state index < -0.39 is 11.9 Å². The molecule has 2 atom stereocenters. The molecule has 130 valence electrons. The number of amides is 1. The molecule has 1 saturated heterocycles. The highest BCUT2D eigenvalue weighted by Gasteiger charge is 2.32. The van der Waals surface area contributed by atoms with Crippen LogP contribution in [0.1, 0.15) is 35.2 Å². The molecule has 1 amide bonds. The normalized spacial score (nSPS) is 20.7. The van der Waals surface area contributed by atoms with Crippen LogP contribution in [-0.4, -0.2) is 38.6 Å². The van der Waals surface area contributed by atoms with Gasteiger partial charge in [-0.1, -0.05) is 12.1 Å². The molecule has 1 N–H and O–H groups in total. The minimum Gasteiger partial charge on any atom is -0.468 e. The smallest absolute Gasteiger partial charge is 0.337 e. The van der Waals surface area contributed by atoms with Gasteiger partial charge >= 0.3 is 11.9 Å². The topological polar surface area (TPSA) is 81.7 Å². The van der Waals surface area contributed by atoms with Crippen molar-refractivity contribution in [3.63, 3.8) is 0 Å². The van der Waals surface area contributed by atoms with Crippen LogP contribution >= 0.6 is 0 Å². The number of methoxy groups -OCH3 is 2. The van der Waals surface area contributed by atoms with Gasteiger partial charge in [0, 0.05) is 6.54 Å². The van der Waals surface area contributed by atoms with Crippen molar-refractivity contribution in [3.05, 3.63) is 35.4 Å². The molecule has 0 spiro atoms. The number of ether oxygens (including phenoxy) is 2. The number of rotatable bonds is 5. The maximum Gasteiger partial charge on any atom is 0.337 e. The van der Waals surface area contributed by atoms with Crippen LogP contribution in [0.2, 0.25) is 0 Å². The number of carbonyl (C=O) groups excluding carboxylic acids is 3. The molecule has 6 nitrogen and oxygen atoms in total. The van der Waals surface area contributed by atoms with Gasteiger partial charge < -0.3 is 14.8 Å². The van der Waals surface area contributed by atoms with E-state index in [0.717, 1.165) is 24.8 Å². The molecule has 1 fully saturated rings. The van der Waals surface area contributed by atoms with Gasteiger partial charge in [-0.15, -0.1) is 0 Å². The van der Waals surface area contributed by atoms with E-state index in [0.29, 0.717) is 18.5 Å². The summed E-state index contributed by atoms with van der Waals surface area (Å²) in [7, 11) is 2.66. The fourth-order valence-corrected chi connectivity index (χ4v) is 2.98. The minimum atomic E-state index is -0.718. The van der Waals surface area contributed by atoms with Crippen LogP contribution in [0.15, 0.2) is 24.3 Å². The molecule has 2 unspecified atom stereocenters. The lowest BCUT2D eigenvalue weighted by Crippen LogP contribution is -2.34. The summed E-state index contributed by atoms with van der Waals surface area (Å²) in [6, 6.07) is 7.31. The quantitative estimate of drug-likeness (QED) is 0.655. The van der Waals surface area contributed by atoms with E-state index in [1.807, 2.05) is 12.1 Å². The van der Waals surface area contributed by atoms with Gasteiger partial charge in [0.25, 0.3) is 0 Å². The van der Waals surface area contributed by atoms with Crippen molar-refractivity contribution in [2.75, 3.05) is 20.8 Å². The lowest BCUT2D eigenvalue weighted by Gasteiger charge is -2.16. The second kappa shape index (κ2) is 8.47. The van der Waals surface area contributed by atoms with Crippen molar-refractivity contribution in [2.24, 2.45) is 11.8 Å². The highest BCUT2D eigenvalue weighted by molar-refractivity contribution is 5.97. The third-order valence-electron chi connectivity index (χ3n) is 4.44. The van der Waals surface area contributed by atoms with E-state index in [1.54, 1.807) is 12.1 Å². The highest BCUT2D eigenvalue weighted by Crippen LogP contribution is 2.25. The van der Waals surface area contributed by atoms with Crippen molar-refractivity contribution in [1.82, 2.24) is 5.32 Å². The van der Waals surface area contributed by atoms with E-state index in [1.165, 1.54) is 14.2 Å². The van der Waals surface area contributed by atoms with Crippen LogP contribution < -0.4 is 5.32 Å². The van der Waals surface area contributed by atoms with Crippen LogP contribution in [0.4, 0.5) is 0 Å². The Morgan fingerprint density at radius 1 is 1.17 bits per heavy atom. The zero-order valence-electron chi connectivity index (χ0n) is 14.0. The molecule has 6 heteroatoms. The summed E-state index contributed by atoms with van der Waals surface area (Å²) in [4.78, 5) is 35.1. The maximum absolute atomic E-state index is 11.9. The average molecular weight is 333 g/mol. The molecule has 24 heavy (non-hydrogen) atoms. The maximum atomic E-state index is 11.9. The predicted molar refractivity (Wildman–Crippen MR) is 87.3 cm³/mol. The number of hydrogen-bond donors (Lipinski definition) is 1. The lowest BCUT2D eigenvalue weighted by molar-refractivity contribution is -0.150. The molecule has 0 saturated carbocycles. The number of carbonyl (C=O) groups is 3. The van der Waals surface area contributed by atoms with E-state index in [4.69, 9.17) is 4.74 Å². The molecule has 1 aliphatic heterocycles. The first-order chi connectivity index (χ1) is 11.5. The van der Waals surface area contributed by atoms with Crippen LogP contribution in [0, 0.1) is 11.8 Å². The molecule has 0 bridgehead atoms. The molecule has 1 aromatic rings. The van der Waals surface area contributed by atoms with Gasteiger partial charge in [-0.25, -0.2) is 4.79 Å². The van der Waals surface area contributed by atoms with Gasteiger partial charge in [0.2, 0.25) is 5.91 Å². The largest absolute Gasteiger partial charge is 0.468 e. The monoisotopic (exact) mass is 333 g/mol. The number of esters is 2. The van der Waals surface area contributed by atoms with Gasteiger partial charge in [0.15, 0.2) is 0 Å². The van der Waals surface area contributed by atoms with E-state index in [-0.39, 0.29) is 17.8 Å². The fourth-order valence-electron chi connectivity index (χ4n) is 2.98. The lowest BCUT2D eigenvalue weighted by atomic mass is 9.88. The van der Waals surface area contributed by atoms with E-state index >= 15 is 0 Å². The Labute approximate surface area is 141 Å². The van der Waals surface area contributed by atoms with Crippen molar-refractivity contribution in [1.29, 1.82) is 0 Å². The predicted octanol–water partition coefficient (Wildman–Crippen LogP) is 1.72. The molecule has 0 radical (unpaired) electrons. The van der Waals surface area contributed by atoms with Gasteiger partial charge in [0.1, 0.15) is 5.92 Å². The standard InChI is InChI=1S/C18H23NO5/c1-23-17(21)14-7-5-12(6-8-14)3-4-13-9-10-19-16(20)15(11-13)18(22)24-2/h5-8,13,15H,3-4,9-11H2,1-2H3,(H,19,20). The summed E-state index contributed by atoms with van der Waals surface area (Å²) < 4.78 is 9.41. The number of nitrogens with one attached hydrogen (secondary N) is 1. The second-order valence-corrected chi connectivity index (χ2v) is 5.98. The first kappa shape index (κ1) is 18.0. The highest BCUT2D eigenvalue weighted by atomic mass is 16.5. The summed E-state index contributed by atoms with van der Waals surface area (Å²) in [6.45, 7) is 0.582. The Morgan fingerprint density at radius 3 is 2.50 bits per heavy atom. The zero-order valence-corrected chi connectivity index (χ0v) is 14.0. The molecular weight excluding hydrogens is 310 g/mol. The van der Waals surface area contributed by atoms with Crippen molar-refractivity contribution in [2.45, 2.75) is 25.7 Å². The molecule has 0 aliphatic carbocycles. The van der Waals surface area contributed by atoms with Gasteiger partial charge in [-0.2, -0.15) is 0 Å². The van der Waals surface area contributed by atoms with Crippen LogP contribution in [0.5, 0.6) is 0 Å². The van der Waals surface area contributed by atoms with Crippen molar-refractivity contribution >= 4 is 17.8 Å². The third-order valence-corrected chi connectivity index (χ3v) is 4.44. The molecule has 0 aromatic heterocycles. The van der Waals surface area contributed by atoms with Gasteiger partial charge in [-0.05, 0) is 49.3 Å². The number of benzene rings is 1. The summed E-state index contributed by atoms with van der Waals surface area (Å²) in [5.41, 5.74) is 1.64. The molecule has 1 aromatic carbocycles. The molecule has 1 heterocycles. The Kier molecular flexibility index (Phi) is 6.35. The van der Waals surface area contributed by atoms with Crippen LogP contribution in [0.3, 0.4) is 0 Å². The van der Waals surface area contributed by atoms with Crippen molar-refractivity contribution in [3.8, 4) is 0 Å². The fraction of sp³-hybridized carbons (Fsp3) is 0.500. The van der Waals surface area contributed by atoms with Gasteiger partial charge in [0.05, 0.1) is 19.8 Å². The van der Waals surface area contributed by atoms with E-state index in [9.17, 15) is 14.4 Å². The SMILES string of the molecule is COC(=O)c1ccc(CCC2CCNC(=O)C(C(=O)OC)C2)cc1. The van der Waals surface area contributed by atoms with Crippen LogP contribution in [-0.2, 0) is 25.5 Å². The Hall–Kier alpha value is -2.37. The van der Waals surface area contributed by atoms with Crippen molar-refractivity contribution < 1.29 is 23.9 Å². The van der Waals surface area contributed by atoms with E-state index in [2.05, 4.69) is 10.1 Å². The first-order valence-corrected chi connectivity index (χ1v) is 8.08. The Balaban J connectivity index is 1.94. The Morgan fingerprint density at radius 2 is 1.88 bits per heavy atom. The summed E-state index contributed by atoms with van der Waals surface area (Å²) in [5, 5.41) is 2.77. The summed E-state index contributed by atoms with van der Waals surface area (Å²) in [6.07, 6.45) is 3.06. The summed E-state index contributed by atoms with van der Waals surface area (Å²) in [5.74, 6) is -1.51. The average Bonchev–Trinajstić information content (AvgIpc) is 2.80. The Bertz CT molecular complexity index is 596. The van der Waals surface area contributed by atoms with Crippen LogP contribution in [0.25, 0.3) is 0 Å². The zero-order chi connectivity index (χ0) is 17.5. The third kappa shape index (κ3) is 4.57. The molecule has 1 aliphatic rings. The first-order valence-electron chi connectivity index (χ1n) is 8.08. The minimum absolute atomic E-state index is 0.244.